The molecule has 18 heavy (non-hydrogen) atoms. The number of thiazole rings is 1. The summed E-state index contributed by atoms with van der Waals surface area (Å²) in [7, 11) is 0. The first-order valence-electron chi connectivity index (χ1n) is 5.45. The van der Waals surface area contributed by atoms with Crippen LogP contribution in [0.2, 0.25) is 0 Å². The average molecular weight is 262 g/mol. The smallest absolute Gasteiger partial charge is 0.303 e. The largest absolute Gasteiger partial charge is 0.508 e. The number of imidazole rings is 1. The minimum Gasteiger partial charge on any atom is -0.508 e. The maximum Gasteiger partial charge on any atom is 0.303 e. The topological polar surface area (TPSA) is 74.8 Å². The summed E-state index contributed by atoms with van der Waals surface area (Å²) in [6.07, 6.45) is 2.38. The van der Waals surface area contributed by atoms with Crippen LogP contribution in [-0.4, -0.2) is 25.6 Å². The third-order valence-electron chi connectivity index (χ3n) is 2.72. The molecule has 0 aliphatic carbocycles. The number of nitrogens with zero attached hydrogens (tertiary/aromatic N) is 2. The Morgan fingerprint density at radius 1 is 1.44 bits per heavy atom. The lowest BCUT2D eigenvalue weighted by Gasteiger charge is -1.93. The Balaban J connectivity index is 2.05. The number of carboxylic acid groups (broad SMARTS) is 1. The molecule has 6 heteroatoms. The SMILES string of the molecule is O=C(O)CCc1cn2c(n1)sc1cc(O)ccc12. The number of carbonyl (C=O) groups is 1. The fourth-order valence-electron chi connectivity index (χ4n) is 1.89. The van der Waals surface area contributed by atoms with E-state index in [4.69, 9.17) is 5.11 Å². The van der Waals surface area contributed by atoms with Gasteiger partial charge < -0.3 is 10.2 Å². The summed E-state index contributed by atoms with van der Waals surface area (Å²) in [6, 6.07) is 5.16. The van der Waals surface area contributed by atoms with Gasteiger partial charge in [0.15, 0.2) is 4.96 Å². The third kappa shape index (κ3) is 1.80. The van der Waals surface area contributed by atoms with Crippen molar-refractivity contribution >= 4 is 32.5 Å². The number of aromatic nitrogens is 2. The molecule has 2 heterocycles. The van der Waals surface area contributed by atoms with Crippen LogP contribution in [0.15, 0.2) is 24.4 Å². The predicted octanol–water partition coefficient (Wildman–Crippen LogP) is 2.27. The standard InChI is InChI=1S/C12H10N2O3S/c15-8-2-3-9-10(5-8)18-12-13-7(6-14(9)12)1-4-11(16)17/h2-3,5-6,15H,1,4H2,(H,16,17). The number of rotatable bonds is 3. The van der Waals surface area contributed by atoms with Gasteiger partial charge in [-0.1, -0.05) is 11.3 Å². The fraction of sp³-hybridized carbons (Fsp3) is 0.167. The summed E-state index contributed by atoms with van der Waals surface area (Å²) in [5, 5.41) is 18.0. The summed E-state index contributed by atoms with van der Waals surface area (Å²) >= 11 is 1.48. The number of carboxylic acids is 1. The highest BCUT2D eigenvalue weighted by atomic mass is 32.1. The molecule has 0 fully saturated rings. The second kappa shape index (κ2) is 3.99. The van der Waals surface area contributed by atoms with Gasteiger partial charge in [-0.2, -0.15) is 0 Å². The van der Waals surface area contributed by atoms with Gasteiger partial charge in [0.2, 0.25) is 0 Å². The lowest BCUT2D eigenvalue weighted by Crippen LogP contribution is -1.97. The van der Waals surface area contributed by atoms with Gasteiger partial charge >= 0.3 is 5.97 Å². The van der Waals surface area contributed by atoms with Crippen LogP contribution in [-0.2, 0) is 11.2 Å². The molecular formula is C12H10N2O3S. The average Bonchev–Trinajstić information content (AvgIpc) is 2.82. The lowest BCUT2D eigenvalue weighted by molar-refractivity contribution is -0.136. The van der Waals surface area contributed by atoms with Crippen LogP contribution in [0.4, 0.5) is 0 Å². The quantitative estimate of drug-likeness (QED) is 0.759. The van der Waals surface area contributed by atoms with Crippen molar-refractivity contribution in [2.45, 2.75) is 12.8 Å². The van der Waals surface area contributed by atoms with E-state index in [0.29, 0.717) is 6.42 Å². The van der Waals surface area contributed by atoms with Crippen molar-refractivity contribution in [3.8, 4) is 5.75 Å². The first kappa shape index (κ1) is 11.0. The van der Waals surface area contributed by atoms with E-state index < -0.39 is 5.97 Å². The van der Waals surface area contributed by atoms with Gasteiger partial charge in [-0.15, -0.1) is 0 Å². The Morgan fingerprint density at radius 3 is 3.06 bits per heavy atom. The maximum atomic E-state index is 10.5. The molecule has 5 nitrogen and oxygen atoms in total. The number of aromatic hydroxyl groups is 1. The number of aryl methyl sites for hydroxylation is 1. The Bertz CT molecular complexity index is 744. The second-order valence-corrected chi connectivity index (χ2v) is 5.04. The fourth-order valence-corrected chi connectivity index (χ4v) is 2.95. The van der Waals surface area contributed by atoms with Gasteiger partial charge in [-0.25, -0.2) is 4.98 Å². The van der Waals surface area contributed by atoms with Crippen LogP contribution >= 0.6 is 11.3 Å². The zero-order valence-corrected chi connectivity index (χ0v) is 10.1. The van der Waals surface area contributed by atoms with Crippen LogP contribution in [0.5, 0.6) is 5.75 Å². The molecule has 1 aromatic carbocycles. The Hall–Kier alpha value is -2.08. The van der Waals surface area contributed by atoms with Crippen LogP contribution in [0, 0.1) is 0 Å². The monoisotopic (exact) mass is 262 g/mol. The number of hydrogen-bond acceptors (Lipinski definition) is 4. The van der Waals surface area contributed by atoms with Crippen molar-refractivity contribution in [2.75, 3.05) is 0 Å². The molecule has 3 aromatic rings. The molecule has 0 aliphatic heterocycles. The van der Waals surface area contributed by atoms with E-state index >= 15 is 0 Å². The number of fused-ring (bicyclic) bond motifs is 3. The minimum absolute atomic E-state index is 0.0869. The second-order valence-electron chi connectivity index (χ2n) is 4.03. The van der Waals surface area contributed by atoms with Crippen LogP contribution in [0.3, 0.4) is 0 Å². The Labute approximate surface area is 106 Å². The number of aliphatic carboxylic acids is 1. The van der Waals surface area contributed by atoms with Crippen molar-refractivity contribution in [1.29, 1.82) is 0 Å². The highest BCUT2D eigenvalue weighted by Crippen LogP contribution is 2.29. The number of phenolic OH excluding ortho intramolecular Hbond substituents is 1. The molecule has 3 rings (SSSR count). The molecule has 0 unspecified atom stereocenters. The number of hydrogen-bond donors (Lipinski definition) is 2. The van der Waals surface area contributed by atoms with Gasteiger partial charge in [0, 0.05) is 12.6 Å². The maximum absolute atomic E-state index is 10.5. The van der Waals surface area contributed by atoms with Crippen molar-refractivity contribution in [3.05, 3.63) is 30.1 Å². The van der Waals surface area contributed by atoms with Crippen molar-refractivity contribution in [1.82, 2.24) is 9.38 Å². The van der Waals surface area contributed by atoms with Crippen LogP contribution in [0.25, 0.3) is 15.2 Å². The van der Waals surface area contributed by atoms with Crippen LogP contribution in [0.1, 0.15) is 12.1 Å². The summed E-state index contributed by atoms with van der Waals surface area (Å²) in [4.78, 5) is 15.7. The van der Waals surface area contributed by atoms with E-state index in [1.54, 1.807) is 12.1 Å². The van der Waals surface area contributed by atoms with E-state index in [-0.39, 0.29) is 12.2 Å². The molecule has 2 aromatic heterocycles. The summed E-state index contributed by atoms with van der Waals surface area (Å²) < 4.78 is 2.89. The van der Waals surface area contributed by atoms with Crippen molar-refractivity contribution in [2.24, 2.45) is 0 Å². The lowest BCUT2D eigenvalue weighted by atomic mass is 10.2. The summed E-state index contributed by atoms with van der Waals surface area (Å²) in [6.45, 7) is 0. The molecule has 92 valence electrons. The van der Waals surface area contributed by atoms with Gasteiger partial charge in [-0.3, -0.25) is 9.20 Å². The van der Waals surface area contributed by atoms with Gasteiger partial charge in [-0.05, 0) is 18.2 Å². The molecule has 2 N–H and O–H groups in total. The first-order valence-corrected chi connectivity index (χ1v) is 6.26. The normalized spacial score (nSPS) is 11.3. The highest BCUT2D eigenvalue weighted by molar-refractivity contribution is 7.23. The van der Waals surface area contributed by atoms with Crippen molar-refractivity contribution in [3.63, 3.8) is 0 Å². The summed E-state index contributed by atoms with van der Waals surface area (Å²) in [5.41, 5.74) is 1.75. The molecule has 0 aliphatic rings. The van der Waals surface area contributed by atoms with E-state index in [1.807, 2.05) is 16.7 Å². The van der Waals surface area contributed by atoms with E-state index in [1.165, 1.54) is 11.3 Å². The first-order chi connectivity index (χ1) is 8.63. The van der Waals surface area contributed by atoms with E-state index in [0.717, 1.165) is 20.9 Å². The molecule has 0 atom stereocenters. The zero-order valence-electron chi connectivity index (χ0n) is 9.33. The van der Waals surface area contributed by atoms with Crippen LogP contribution < -0.4 is 0 Å². The summed E-state index contributed by atoms with van der Waals surface area (Å²) in [5.74, 6) is -0.584. The molecule has 0 radical (unpaired) electrons. The van der Waals surface area contributed by atoms with E-state index in [9.17, 15) is 9.90 Å². The van der Waals surface area contributed by atoms with E-state index in [2.05, 4.69) is 4.98 Å². The van der Waals surface area contributed by atoms with Gasteiger partial charge in [0.25, 0.3) is 0 Å². The zero-order chi connectivity index (χ0) is 12.7. The molecule has 0 saturated heterocycles. The minimum atomic E-state index is -0.818. The molecule has 0 spiro atoms. The predicted molar refractivity (Wildman–Crippen MR) is 68.2 cm³/mol. The van der Waals surface area contributed by atoms with Crippen molar-refractivity contribution < 1.29 is 15.0 Å². The Morgan fingerprint density at radius 2 is 2.28 bits per heavy atom. The highest BCUT2D eigenvalue weighted by Gasteiger charge is 2.10. The number of phenols is 1. The van der Waals surface area contributed by atoms with Gasteiger partial charge in [0.05, 0.1) is 22.3 Å². The Kier molecular flexibility index (Phi) is 2.45. The number of benzene rings is 1. The molecular weight excluding hydrogens is 252 g/mol. The molecule has 0 saturated carbocycles. The molecule has 0 bridgehead atoms. The van der Waals surface area contributed by atoms with Gasteiger partial charge in [0.1, 0.15) is 5.75 Å². The third-order valence-corrected chi connectivity index (χ3v) is 3.74. The molecule has 0 amide bonds.